The summed E-state index contributed by atoms with van der Waals surface area (Å²) in [5, 5.41) is 0. The highest BCUT2D eigenvalue weighted by atomic mass is 16.5. The number of amides is 2. The van der Waals surface area contributed by atoms with Crippen molar-refractivity contribution in [1.82, 2.24) is 10.9 Å². The largest absolute Gasteiger partial charge is 0.493 e. The van der Waals surface area contributed by atoms with E-state index in [1.165, 1.54) is 13.2 Å². The van der Waals surface area contributed by atoms with Gasteiger partial charge in [0.1, 0.15) is 18.1 Å². The second-order valence-electron chi connectivity index (χ2n) is 5.20. The minimum absolute atomic E-state index is 0.309. The van der Waals surface area contributed by atoms with Crippen LogP contribution in [-0.4, -0.2) is 25.5 Å². The van der Waals surface area contributed by atoms with Crippen LogP contribution >= 0.6 is 0 Å². The van der Waals surface area contributed by atoms with Crippen molar-refractivity contribution in [1.29, 1.82) is 0 Å². The summed E-state index contributed by atoms with van der Waals surface area (Å²) in [6.07, 6.45) is 1.61. The number of furan rings is 1. The van der Waals surface area contributed by atoms with E-state index in [9.17, 15) is 9.59 Å². The summed E-state index contributed by atoms with van der Waals surface area (Å²) in [4.78, 5) is 24.3. The zero-order valence-corrected chi connectivity index (χ0v) is 14.3. The smallest absolute Gasteiger partial charge is 0.273 e. The van der Waals surface area contributed by atoms with E-state index in [4.69, 9.17) is 13.9 Å². The first kappa shape index (κ1) is 18.1. The molecule has 0 aliphatic rings. The molecule has 2 aromatic rings. The Kier molecular flexibility index (Phi) is 5.84. The molecule has 0 fully saturated rings. The van der Waals surface area contributed by atoms with Crippen LogP contribution in [0.15, 0.2) is 41.3 Å². The zero-order valence-electron chi connectivity index (χ0n) is 14.3. The van der Waals surface area contributed by atoms with Gasteiger partial charge in [-0.3, -0.25) is 20.4 Å². The van der Waals surface area contributed by atoms with Gasteiger partial charge in [-0.25, -0.2) is 0 Å². The molecule has 7 heteroatoms. The number of hydrogen-bond donors (Lipinski definition) is 2. The minimum Gasteiger partial charge on any atom is -0.493 e. The maximum Gasteiger partial charge on any atom is 0.273 e. The Morgan fingerprint density at radius 3 is 2.48 bits per heavy atom. The summed E-state index contributed by atoms with van der Waals surface area (Å²) in [5.41, 5.74) is 5.38. The summed E-state index contributed by atoms with van der Waals surface area (Å²) in [6.45, 7) is 7.31. The molecule has 1 aromatic carbocycles. The third-order valence-corrected chi connectivity index (χ3v) is 3.36. The SMILES string of the molecule is C=CCOc1ccc(C(=O)NNC(=O)c2cc(C)oc2C)cc1OC. The Balaban J connectivity index is 2.04. The predicted molar refractivity (Wildman–Crippen MR) is 91.8 cm³/mol. The van der Waals surface area contributed by atoms with Gasteiger partial charge in [0, 0.05) is 5.56 Å². The van der Waals surface area contributed by atoms with Gasteiger partial charge in [0.05, 0.1) is 12.7 Å². The fourth-order valence-electron chi connectivity index (χ4n) is 2.19. The molecule has 1 aromatic heterocycles. The van der Waals surface area contributed by atoms with E-state index in [0.717, 1.165) is 0 Å². The van der Waals surface area contributed by atoms with Crippen molar-refractivity contribution in [3.05, 3.63) is 59.6 Å². The number of aryl methyl sites for hydroxylation is 2. The van der Waals surface area contributed by atoms with E-state index < -0.39 is 11.8 Å². The molecule has 2 amide bonds. The topological polar surface area (TPSA) is 89.8 Å². The van der Waals surface area contributed by atoms with Crippen molar-refractivity contribution < 1.29 is 23.5 Å². The highest BCUT2D eigenvalue weighted by Crippen LogP contribution is 2.28. The van der Waals surface area contributed by atoms with Gasteiger partial charge in [0.2, 0.25) is 0 Å². The number of carbonyl (C=O) groups is 2. The fourth-order valence-corrected chi connectivity index (χ4v) is 2.19. The Bertz CT molecular complexity index is 795. The molecule has 0 aliphatic heterocycles. The third kappa shape index (κ3) is 4.41. The minimum atomic E-state index is -0.486. The summed E-state index contributed by atoms with van der Waals surface area (Å²) < 4.78 is 15.9. The second-order valence-corrected chi connectivity index (χ2v) is 5.20. The quantitative estimate of drug-likeness (QED) is 0.621. The fraction of sp³-hybridized carbons (Fsp3) is 0.222. The molecule has 0 unspecified atom stereocenters. The van der Waals surface area contributed by atoms with Gasteiger partial charge >= 0.3 is 0 Å². The van der Waals surface area contributed by atoms with E-state index in [0.29, 0.717) is 40.8 Å². The van der Waals surface area contributed by atoms with Gasteiger partial charge in [-0.1, -0.05) is 12.7 Å². The molecule has 1 heterocycles. The molecular formula is C18H20N2O5. The van der Waals surface area contributed by atoms with Crippen LogP contribution in [0.1, 0.15) is 32.2 Å². The molecular weight excluding hydrogens is 324 g/mol. The zero-order chi connectivity index (χ0) is 18.4. The van der Waals surface area contributed by atoms with Crippen LogP contribution in [0.4, 0.5) is 0 Å². The van der Waals surface area contributed by atoms with Crippen LogP contribution in [0, 0.1) is 13.8 Å². The molecule has 0 spiro atoms. The van der Waals surface area contributed by atoms with Crippen LogP contribution in [-0.2, 0) is 0 Å². The Morgan fingerprint density at radius 1 is 1.16 bits per heavy atom. The van der Waals surface area contributed by atoms with E-state index in [-0.39, 0.29) is 0 Å². The highest BCUT2D eigenvalue weighted by Gasteiger charge is 2.15. The van der Waals surface area contributed by atoms with Crippen LogP contribution in [0.3, 0.4) is 0 Å². The molecule has 0 radical (unpaired) electrons. The first-order chi connectivity index (χ1) is 12.0. The van der Waals surface area contributed by atoms with E-state index >= 15 is 0 Å². The van der Waals surface area contributed by atoms with Gasteiger partial charge in [0.15, 0.2) is 11.5 Å². The van der Waals surface area contributed by atoms with Gasteiger partial charge < -0.3 is 13.9 Å². The molecule has 7 nitrogen and oxygen atoms in total. The van der Waals surface area contributed by atoms with Crippen LogP contribution in [0.2, 0.25) is 0 Å². The lowest BCUT2D eigenvalue weighted by Crippen LogP contribution is -2.41. The summed E-state index contributed by atoms with van der Waals surface area (Å²) >= 11 is 0. The number of hydrogen-bond acceptors (Lipinski definition) is 5. The standard InChI is InChI=1S/C18H20N2O5/c1-5-8-24-15-7-6-13(10-16(15)23-4)17(21)19-20-18(22)14-9-11(2)25-12(14)3/h5-7,9-10H,1,8H2,2-4H3,(H,19,21)(H,20,22). The van der Waals surface area contributed by atoms with Crippen molar-refractivity contribution in [2.45, 2.75) is 13.8 Å². The maximum atomic E-state index is 12.2. The lowest BCUT2D eigenvalue weighted by Gasteiger charge is -2.11. The summed E-state index contributed by atoms with van der Waals surface area (Å²) in [5.74, 6) is 1.05. The first-order valence-corrected chi connectivity index (χ1v) is 7.55. The number of rotatable bonds is 6. The average molecular weight is 344 g/mol. The molecule has 0 saturated carbocycles. The monoisotopic (exact) mass is 344 g/mol. The number of nitrogens with one attached hydrogen (secondary N) is 2. The molecule has 132 valence electrons. The Morgan fingerprint density at radius 2 is 1.88 bits per heavy atom. The molecule has 25 heavy (non-hydrogen) atoms. The predicted octanol–water partition coefficient (Wildman–Crippen LogP) is 2.54. The third-order valence-electron chi connectivity index (χ3n) is 3.36. The van der Waals surface area contributed by atoms with Crippen LogP contribution < -0.4 is 20.3 Å². The molecule has 0 saturated heterocycles. The van der Waals surface area contributed by atoms with E-state index in [2.05, 4.69) is 17.4 Å². The van der Waals surface area contributed by atoms with Crippen molar-refractivity contribution in [3.63, 3.8) is 0 Å². The van der Waals surface area contributed by atoms with Crippen molar-refractivity contribution in [2.75, 3.05) is 13.7 Å². The first-order valence-electron chi connectivity index (χ1n) is 7.55. The van der Waals surface area contributed by atoms with E-state index in [1.54, 1.807) is 38.1 Å². The Hall–Kier alpha value is -3.22. The lowest BCUT2D eigenvalue weighted by atomic mass is 10.2. The van der Waals surface area contributed by atoms with Crippen molar-refractivity contribution >= 4 is 11.8 Å². The molecule has 2 rings (SSSR count). The van der Waals surface area contributed by atoms with Crippen molar-refractivity contribution in [3.8, 4) is 11.5 Å². The van der Waals surface area contributed by atoms with E-state index in [1.807, 2.05) is 0 Å². The number of methoxy groups -OCH3 is 1. The number of ether oxygens (including phenoxy) is 2. The Labute approximate surface area is 145 Å². The molecule has 0 bridgehead atoms. The maximum absolute atomic E-state index is 12.2. The van der Waals surface area contributed by atoms with Crippen LogP contribution in [0.5, 0.6) is 11.5 Å². The number of benzene rings is 1. The summed E-state index contributed by atoms with van der Waals surface area (Å²) in [6, 6.07) is 6.30. The average Bonchev–Trinajstić information content (AvgIpc) is 2.95. The number of carbonyl (C=O) groups excluding carboxylic acids is 2. The van der Waals surface area contributed by atoms with Gasteiger partial charge in [-0.05, 0) is 38.1 Å². The molecule has 0 aliphatic carbocycles. The second kappa shape index (κ2) is 8.05. The van der Waals surface area contributed by atoms with Gasteiger partial charge in [-0.2, -0.15) is 0 Å². The van der Waals surface area contributed by atoms with Gasteiger partial charge in [0.25, 0.3) is 11.8 Å². The molecule has 0 atom stereocenters. The lowest BCUT2D eigenvalue weighted by molar-refractivity contribution is 0.0845. The van der Waals surface area contributed by atoms with Crippen molar-refractivity contribution in [2.24, 2.45) is 0 Å². The number of hydrazine groups is 1. The normalized spacial score (nSPS) is 10.0. The van der Waals surface area contributed by atoms with Crippen LogP contribution in [0.25, 0.3) is 0 Å². The highest BCUT2D eigenvalue weighted by molar-refractivity contribution is 5.99. The molecule has 2 N–H and O–H groups in total. The van der Waals surface area contributed by atoms with Gasteiger partial charge in [-0.15, -0.1) is 0 Å². The summed E-state index contributed by atoms with van der Waals surface area (Å²) in [7, 11) is 1.48.